The molecule has 1 saturated carbocycles. The average Bonchev–Trinajstić information content (AvgIpc) is 2.24. The highest BCUT2D eigenvalue weighted by atomic mass is 16.5. The highest BCUT2D eigenvalue weighted by Crippen LogP contribution is 2.43. The Balaban J connectivity index is 2.05. The first kappa shape index (κ1) is 13.9. The molecule has 0 amide bonds. The number of hydrogen-bond donors (Lipinski definition) is 1. The minimum absolute atomic E-state index is 0.544. The Morgan fingerprint density at radius 2 is 2.00 bits per heavy atom. The molecule has 0 atom stereocenters. The number of nitrogens with one attached hydrogen (secondary N) is 1. The lowest BCUT2D eigenvalue weighted by Gasteiger charge is -2.42. The molecule has 0 aromatic heterocycles. The Morgan fingerprint density at radius 3 is 2.56 bits per heavy atom. The molecule has 16 heavy (non-hydrogen) atoms. The van der Waals surface area contributed by atoms with Crippen LogP contribution in [-0.2, 0) is 9.47 Å². The van der Waals surface area contributed by atoms with E-state index in [2.05, 4.69) is 12.2 Å². The molecule has 0 radical (unpaired) electrons. The molecule has 1 fully saturated rings. The van der Waals surface area contributed by atoms with Crippen LogP contribution in [-0.4, -0.2) is 40.0 Å². The molecule has 1 rings (SSSR count). The van der Waals surface area contributed by atoms with Crippen molar-refractivity contribution in [2.45, 2.75) is 39.0 Å². The summed E-state index contributed by atoms with van der Waals surface area (Å²) in [5.74, 6) is 0. The Morgan fingerprint density at radius 1 is 1.19 bits per heavy atom. The van der Waals surface area contributed by atoms with E-state index < -0.39 is 0 Å². The highest BCUT2D eigenvalue weighted by molar-refractivity contribution is 4.89. The van der Waals surface area contributed by atoms with Gasteiger partial charge < -0.3 is 14.8 Å². The average molecular weight is 229 g/mol. The molecule has 1 aliphatic rings. The van der Waals surface area contributed by atoms with Gasteiger partial charge in [-0.25, -0.2) is 0 Å². The van der Waals surface area contributed by atoms with E-state index in [-0.39, 0.29) is 0 Å². The summed E-state index contributed by atoms with van der Waals surface area (Å²) in [6, 6.07) is 0. The molecule has 0 unspecified atom stereocenters. The van der Waals surface area contributed by atoms with Gasteiger partial charge in [0.15, 0.2) is 0 Å². The smallest absolute Gasteiger partial charge is 0.0700 e. The molecular weight excluding hydrogens is 202 g/mol. The lowest BCUT2D eigenvalue weighted by molar-refractivity contribution is 0.0277. The van der Waals surface area contributed by atoms with Gasteiger partial charge in [-0.1, -0.05) is 13.3 Å². The van der Waals surface area contributed by atoms with E-state index in [1.54, 1.807) is 7.11 Å². The molecule has 0 aromatic rings. The predicted molar refractivity (Wildman–Crippen MR) is 66.8 cm³/mol. The van der Waals surface area contributed by atoms with Crippen LogP contribution in [0.25, 0.3) is 0 Å². The van der Waals surface area contributed by atoms with Gasteiger partial charge in [0.25, 0.3) is 0 Å². The SMILES string of the molecule is CCCNCC1(CCOCCOC)CCC1. The van der Waals surface area contributed by atoms with Crippen LogP contribution >= 0.6 is 0 Å². The van der Waals surface area contributed by atoms with Crippen LogP contribution < -0.4 is 5.32 Å². The zero-order valence-corrected chi connectivity index (χ0v) is 10.9. The Labute approximate surface area is 99.9 Å². The van der Waals surface area contributed by atoms with Crippen LogP contribution in [0.15, 0.2) is 0 Å². The van der Waals surface area contributed by atoms with Crippen molar-refractivity contribution in [1.29, 1.82) is 0 Å². The molecule has 96 valence electrons. The van der Waals surface area contributed by atoms with Crippen molar-refractivity contribution in [3.63, 3.8) is 0 Å². The van der Waals surface area contributed by atoms with Gasteiger partial charge in [-0.05, 0) is 37.6 Å². The van der Waals surface area contributed by atoms with Crippen molar-refractivity contribution in [3.8, 4) is 0 Å². The number of rotatable bonds is 10. The van der Waals surface area contributed by atoms with Crippen LogP contribution in [0.1, 0.15) is 39.0 Å². The van der Waals surface area contributed by atoms with Gasteiger partial charge in [0.2, 0.25) is 0 Å². The second-order valence-corrected chi connectivity index (χ2v) is 4.89. The van der Waals surface area contributed by atoms with E-state index >= 15 is 0 Å². The van der Waals surface area contributed by atoms with Crippen molar-refractivity contribution in [3.05, 3.63) is 0 Å². The molecule has 3 nitrogen and oxygen atoms in total. The molecule has 1 N–H and O–H groups in total. The van der Waals surface area contributed by atoms with Gasteiger partial charge in [0.1, 0.15) is 0 Å². The van der Waals surface area contributed by atoms with Crippen molar-refractivity contribution in [2.75, 3.05) is 40.0 Å². The van der Waals surface area contributed by atoms with Gasteiger partial charge in [-0.15, -0.1) is 0 Å². The second-order valence-electron chi connectivity index (χ2n) is 4.89. The summed E-state index contributed by atoms with van der Waals surface area (Å²) in [5, 5.41) is 3.55. The molecule has 0 bridgehead atoms. The third kappa shape index (κ3) is 4.81. The van der Waals surface area contributed by atoms with Crippen molar-refractivity contribution in [2.24, 2.45) is 5.41 Å². The number of hydrogen-bond acceptors (Lipinski definition) is 3. The van der Waals surface area contributed by atoms with Gasteiger partial charge in [-0.3, -0.25) is 0 Å². The van der Waals surface area contributed by atoms with Crippen LogP contribution in [0.5, 0.6) is 0 Å². The Hall–Kier alpha value is -0.120. The summed E-state index contributed by atoms with van der Waals surface area (Å²) in [5.41, 5.74) is 0.544. The normalized spacial score (nSPS) is 18.4. The van der Waals surface area contributed by atoms with Crippen molar-refractivity contribution < 1.29 is 9.47 Å². The van der Waals surface area contributed by atoms with Gasteiger partial charge in [0.05, 0.1) is 13.2 Å². The second kappa shape index (κ2) is 8.04. The van der Waals surface area contributed by atoms with E-state index in [1.807, 2.05) is 0 Å². The Kier molecular flexibility index (Phi) is 7.01. The molecule has 0 saturated heterocycles. The largest absolute Gasteiger partial charge is 0.382 e. The lowest BCUT2D eigenvalue weighted by Crippen LogP contribution is -2.41. The minimum atomic E-state index is 0.544. The summed E-state index contributed by atoms with van der Waals surface area (Å²) in [7, 11) is 1.71. The highest BCUT2D eigenvalue weighted by Gasteiger charge is 2.35. The number of ether oxygens (including phenoxy) is 2. The topological polar surface area (TPSA) is 30.5 Å². The third-order valence-electron chi connectivity index (χ3n) is 3.55. The first-order valence-corrected chi connectivity index (χ1v) is 6.60. The van der Waals surface area contributed by atoms with Crippen LogP contribution in [0, 0.1) is 5.41 Å². The van der Waals surface area contributed by atoms with Crippen LogP contribution in [0.4, 0.5) is 0 Å². The lowest BCUT2D eigenvalue weighted by atomic mass is 9.67. The summed E-state index contributed by atoms with van der Waals surface area (Å²) in [4.78, 5) is 0. The summed E-state index contributed by atoms with van der Waals surface area (Å²) in [6.45, 7) is 6.86. The first-order chi connectivity index (χ1) is 7.83. The maximum absolute atomic E-state index is 5.56. The maximum Gasteiger partial charge on any atom is 0.0700 e. The van der Waals surface area contributed by atoms with Crippen molar-refractivity contribution >= 4 is 0 Å². The summed E-state index contributed by atoms with van der Waals surface area (Å²) >= 11 is 0. The maximum atomic E-state index is 5.56. The van der Waals surface area contributed by atoms with E-state index in [4.69, 9.17) is 9.47 Å². The quantitative estimate of drug-likeness (QED) is 0.583. The van der Waals surface area contributed by atoms with E-state index in [0.717, 1.165) is 19.8 Å². The van der Waals surface area contributed by atoms with Gasteiger partial charge >= 0.3 is 0 Å². The monoisotopic (exact) mass is 229 g/mol. The standard InChI is InChI=1S/C13H27NO2/c1-3-8-14-12-13(5-4-6-13)7-9-16-11-10-15-2/h14H,3-12H2,1-2H3. The molecule has 0 spiro atoms. The number of methoxy groups -OCH3 is 1. The molecule has 3 heteroatoms. The van der Waals surface area contributed by atoms with E-state index in [9.17, 15) is 0 Å². The third-order valence-corrected chi connectivity index (χ3v) is 3.55. The molecule has 0 aliphatic heterocycles. The Bertz CT molecular complexity index is 169. The zero-order valence-electron chi connectivity index (χ0n) is 10.9. The van der Waals surface area contributed by atoms with Crippen LogP contribution in [0.3, 0.4) is 0 Å². The fourth-order valence-corrected chi connectivity index (χ4v) is 2.26. The van der Waals surface area contributed by atoms with Gasteiger partial charge in [0, 0.05) is 20.3 Å². The first-order valence-electron chi connectivity index (χ1n) is 6.60. The van der Waals surface area contributed by atoms with E-state index in [0.29, 0.717) is 12.0 Å². The molecule has 0 aromatic carbocycles. The fraction of sp³-hybridized carbons (Fsp3) is 1.00. The zero-order chi connectivity index (χ0) is 11.7. The molecule has 1 aliphatic carbocycles. The summed E-state index contributed by atoms with van der Waals surface area (Å²) < 4.78 is 10.5. The minimum Gasteiger partial charge on any atom is -0.382 e. The predicted octanol–water partition coefficient (Wildman–Crippen LogP) is 2.21. The molecule has 0 heterocycles. The van der Waals surface area contributed by atoms with Crippen LogP contribution in [0.2, 0.25) is 0 Å². The van der Waals surface area contributed by atoms with Crippen molar-refractivity contribution in [1.82, 2.24) is 5.32 Å². The fourth-order valence-electron chi connectivity index (χ4n) is 2.26. The summed E-state index contributed by atoms with van der Waals surface area (Å²) in [6.07, 6.45) is 6.56. The molecular formula is C13H27NO2. The van der Waals surface area contributed by atoms with E-state index in [1.165, 1.54) is 38.6 Å². The van der Waals surface area contributed by atoms with Gasteiger partial charge in [-0.2, -0.15) is 0 Å².